The van der Waals surface area contributed by atoms with Crippen LogP contribution < -0.4 is 5.32 Å². The van der Waals surface area contributed by atoms with Gasteiger partial charge in [0, 0.05) is 16.1 Å². The second-order valence-corrected chi connectivity index (χ2v) is 7.22. The second kappa shape index (κ2) is 8.27. The van der Waals surface area contributed by atoms with Crippen LogP contribution in [-0.2, 0) is 13.1 Å². The Labute approximate surface area is 173 Å². The molecule has 1 N–H and O–H groups in total. The van der Waals surface area contributed by atoms with E-state index in [0.29, 0.717) is 23.1 Å². The van der Waals surface area contributed by atoms with E-state index >= 15 is 0 Å². The van der Waals surface area contributed by atoms with Crippen LogP contribution in [0.5, 0.6) is 0 Å². The molecule has 0 bridgehead atoms. The molecule has 0 amide bonds. The summed E-state index contributed by atoms with van der Waals surface area (Å²) in [4.78, 5) is 4.81. The first kappa shape index (κ1) is 18.9. The van der Waals surface area contributed by atoms with E-state index in [4.69, 9.17) is 28.2 Å². The second-order valence-electron chi connectivity index (χ2n) is 6.40. The Morgan fingerprint density at radius 1 is 1.07 bits per heavy atom. The molecule has 0 spiro atoms. The largest absolute Gasteiger partial charge is 0.310 e. The molecule has 0 aliphatic carbocycles. The highest BCUT2D eigenvalue weighted by atomic mass is 35.5. The lowest BCUT2D eigenvalue weighted by atomic mass is 10.00. The summed E-state index contributed by atoms with van der Waals surface area (Å²) in [7, 11) is 0. The first-order valence-corrected chi connectivity index (χ1v) is 9.79. The Morgan fingerprint density at radius 3 is 2.71 bits per heavy atom. The zero-order chi connectivity index (χ0) is 19.5. The molecule has 7 heteroatoms. The van der Waals surface area contributed by atoms with Crippen LogP contribution in [0.2, 0.25) is 10.0 Å². The lowest BCUT2D eigenvalue weighted by molar-refractivity contribution is 0.653. The molecule has 142 valence electrons. The van der Waals surface area contributed by atoms with Gasteiger partial charge in [-0.05, 0) is 31.2 Å². The quantitative estimate of drug-likeness (QED) is 0.476. The number of fused-ring (bicyclic) bond motifs is 3. The molecule has 3 aromatic rings. The summed E-state index contributed by atoms with van der Waals surface area (Å²) < 4.78 is 2.04. The molecule has 5 nitrogen and oxygen atoms in total. The van der Waals surface area contributed by atoms with Crippen LogP contribution in [0.3, 0.4) is 0 Å². The van der Waals surface area contributed by atoms with Crippen LogP contribution in [0.15, 0.2) is 60.1 Å². The smallest absolute Gasteiger partial charge is 0.159 e. The third-order valence-corrected chi connectivity index (χ3v) is 5.23. The SMILES string of the molecule is C=CCCNCc1nnc2n1-c1cccc(Cl)c1C(c1ccccc1Cl)=NC2. The minimum atomic E-state index is 0.394. The van der Waals surface area contributed by atoms with Gasteiger partial charge in [0.2, 0.25) is 0 Å². The van der Waals surface area contributed by atoms with Crippen LogP contribution in [-0.4, -0.2) is 27.0 Å². The van der Waals surface area contributed by atoms with Gasteiger partial charge in [0.25, 0.3) is 0 Å². The predicted molar refractivity (Wildman–Crippen MR) is 114 cm³/mol. The van der Waals surface area contributed by atoms with Gasteiger partial charge >= 0.3 is 0 Å². The summed E-state index contributed by atoms with van der Waals surface area (Å²) in [5.41, 5.74) is 3.36. The van der Waals surface area contributed by atoms with Gasteiger partial charge in [0.1, 0.15) is 6.54 Å². The molecule has 0 atom stereocenters. The fourth-order valence-corrected chi connectivity index (χ4v) is 3.77. The van der Waals surface area contributed by atoms with Gasteiger partial charge in [-0.2, -0.15) is 0 Å². The van der Waals surface area contributed by atoms with Gasteiger partial charge in [0.15, 0.2) is 11.6 Å². The molecule has 0 fully saturated rings. The molecule has 0 saturated heterocycles. The van der Waals surface area contributed by atoms with Crippen molar-refractivity contribution >= 4 is 28.9 Å². The van der Waals surface area contributed by atoms with Crippen molar-refractivity contribution in [3.05, 3.63) is 87.9 Å². The Hall–Kier alpha value is -2.47. The first-order valence-electron chi connectivity index (χ1n) is 9.04. The van der Waals surface area contributed by atoms with Crippen molar-refractivity contribution in [2.24, 2.45) is 4.99 Å². The van der Waals surface area contributed by atoms with E-state index in [1.807, 2.05) is 53.1 Å². The maximum Gasteiger partial charge on any atom is 0.159 e. The molecule has 0 unspecified atom stereocenters. The van der Waals surface area contributed by atoms with Gasteiger partial charge in [-0.1, -0.05) is 53.5 Å². The number of halogens is 2. The van der Waals surface area contributed by atoms with Gasteiger partial charge in [0.05, 0.1) is 23.0 Å². The van der Waals surface area contributed by atoms with Gasteiger partial charge in [-0.25, -0.2) is 0 Å². The van der Waals surface area contributed by atoms with Crippen LogP contribution >= 0.6 is 23.2 Å². The van der Waals surface area contributed by atoms with Crippen molar-refractivity contribution in [2.45, 2.75) is 19.5 Å². The summed E-state index contributed by atoms with van der Waals surface area (Å²) in [6.07, 6.45) is 2.78. The number of rotatable bonds is 6. The van der Waals surface area contributed by atoms with Gasteiger partial charge in [-0.3, -0.25) is 9.56 Å². The Balaban J connectivity index is 1.83. The topological polar surface area (TPSA) is 55.1 Å². The maximum absolute atomic E-state index is 6.64. The van der Waals surface area contributed by atoms with E-state index in [1.54, 1.807) is 0 Å². The number of aliphatic imine (C=N–C) groups is 1. The first-order chi connectivity index (χ1) is 13.7. The van der Waals surface area contributed by atoms with Crippen LogP contribution in [0.25, 0.3) is 5.69 Å². The molecular formula is C21H19Cl2N5. The normalized spacial score (nSPS) is 12.7. The molecule has 1 aliphatic heterocycles. The highest BCUT2D eigenvalue weighted by molar-refractivity contribution is 6.39. The van der Waals surface area contributed by atoms with Gasteiger partial charge < -0.3 is 5.32 Å². The number of nitrogens with one attached hydrogen (secondary N) is 1. The van der Waals surface area contributed by atoms with E-state index in [2.05, 4.69) is 22.1 Å². The van der Waals surface area contributed by atoms with E-state index in [-0.39, 0.29) is 0 Å². The summed E-state index contributed by atoms with van der Waals surface area (Å²) >= 11 is 13.1. The lowest BCUT2D eigenvalue weighted by Gasteiger charge is -2.15. The molecule has 28 heavy (non-hydrogen) atoms. The molecule has 1 aliphatic rings. The average Bonchev–Trinajstić information content (AvgIpc) is 3.02. The molecule has 0 radical (unpaired) electrons. The van der Waals surface area contributed by atoms with Gasteiger partial charge in [-0.15, -0.1) is 16.8 Å². The molecule has 2 heterocycles. The fourth-order valence-electron chi connectivity index (χ4n) is 3.29. The molecule has 0 saturated carbocycles. The van der Waals surface area contributed by atoms with E-state index in [1.165, 1.54) is 0 Å². The van der Waals surface area contributed by atoms with Crippen molar-refractivity contribution in [1.82, 2.24) is 20.1 Å². The minimum Gasteiger partial charge on any atom is -0.310 e. The molecule has 2 aromatic carbocycles. The van der Waals surface area contributed by atoms with E-state index < -0.39 is 0 Å². The highest BCUT2D eigenvalue weighted by Gasteiger charge is 2.25. The van der Waals surface area contributed by atoms with E-state index in [9.17, 15) is 0 Å². The number of hydrogen-bond donors (Lipinski definition) is 1. The number of aromatic nitrogens is 3. The Morgan fingerprint density at radius 2 is 1.89 bits per heavy atom. The van der Waals surface area contributed by atoms with Crippen molar-refractivity contribution in [3.8, 4) is 5.69 Å². The third kappa shape index (κ3) is 3.49. The Kier molecular flexibility index (Phi) is 5.57. The van der Waals surface area contributed by atoms with Crippen molar-refractivity contribution < 1.29 is 0 Å². The molecule has 4 rings (SSSR count). The zero-order valence-electron chi connectivity index (χ0n) is 15.2. The molecular weight excluding hydrogens is 393 g/mol. The average molecular weight is 412 g/mol. The number of nitrogens with zero attached hydrogens (tertiary/aromatic N) is 4. The monoisotopic (exact) mass is 411 g/mol. The highest BCUT2D eigenvalue weighted by Crippen LogP contribution is 2.32. The Bertz CT molecular complexity index is 1050. The maximum atomic E-state index is 6.64. The summed E-state index contributed by atoms with van der Waals surface area (Å²) in [5, 5.41) is 13.4. The number of benzene rings is 2. The fraction of sp³-hybridized carbons (Fsp3) is 0.190. The van der Waals surface area contributed by atoms with Crippen LogP contribution in [0, 0.1) is 0 Å². The van der Waals surface area contributed by atoms with Crippen molar-refractivity contribution in [2.75, 3.05) is 6.54 Å². The van der Waals surface area contributed by atoms with Crippen LogP contribution in [0.1, 0.15) is 29.2 Å². The number of hydrogen-bond acceptors (Lipinski definition) is 4. The predicted octanol–water partition coefficient (Wildman–Crippen LogP) is 4.59. The van der Waals surface area contributed by atoms with E-state index in [0.717, 1.165) is 47.1 Å². The zero-order valence-corrected chi connectivity index (χ0v) is 16.7. The van der Waals surface area contributed by atoms with Crippen LogP contribution in [0.4, 0.5) is 0 Å². The summed E-state index contributed by atoms with van der Waals surface area (Å²) in [5.74, 6) is 1.59. The summed E-state index contributed by atoms with van der Waals surface area (Å²) in [6, 6.07) is 13.5. The summed E-state index contributed by atoms with van der Waals surface area (Å²) in [6.45, 7) is 5.56. The van der Waals surface area contributed by atoms with Crippen molar-refractivity contribution in [1.29, 1.82) is 0 Å². The third-order valence-electron chi connectivity index (χ3n) is 4.58. The lowest BCUT2D eigenvalue weighted by Crippen LogP contribution is -2.18. The minimum absolute atomic E-state index is 0.394. The standard InChI is InChI=1S/C21H19Cl2N5/c1-2-3-11-24-12-18-26-27-19-13-25-21(14-7-4-5-8-15(14)22)20-16(23)9-6-10-17(20)28(18)19/h2,4-10,24H,1,3,11-13H2. The van der Waals surface area contributed by atoms with Crippen molar-refractivity contribution in [3.63, 3.8) is 0 Å². The molecule has 1 aromatic heterocycles.